The molecule has 1 aliphatic rings. The normalized spacial score (nSPS) is 17.7. The van der Waals surface area contributed by atoms with Gasteiger partial charge in [0.2, 0.25) is 5.91 Å². The Hall–Kier alpha value is -4.89. The summed E-state index contributed by atoms with van der Waals surface area (Å²) in [5.41, 5.74) is 8.48. The number of para-hydroxylation sites is 1. The van der Waals surface area contributed by atoms with Gasteiger partial charge in [-0.3, -0.25) is 19.1 Å². The van der Waals surface area contributed by atoms with Gasteiger partial charge in [-0.15, -0.1) is 6.58 Å². The number of carbonyl (C=O) groups excluding carboxylic acids is 2. The number of fused-ring (bicyclic) bond motifs is 1. The molecule has 2 aromatic carbocycles. The van der Waals surface area contributed by atoms with Crippen LogP contribution in [0.1, 0.15) is 30.8 Å². The van der Waals surface area contributed by atoms with Crippen LogP contribution in [0.5, 0.6) is 0 Å². The Kier molecular flexibility index (Phi) is 7.36. The topological polar surface area (TPSA) is 142 Å². The van der Waals surface area contributed by atoms with E-state index in [1.807, 2.05) is 36.4 Å². The SMILES string of the molecule is C=CCN(C(=O)OCc1ccccc1)c1cnc2n(c1=O)[C@H](C(=O)Nc1ccccc1)C[C@@]2(C)N=[N+]=[N-]. The highest BCUT2D eigenvalue weighted by atomic mass is 16.6. The van der Waals surface area contributed by atoms with Gasteiger partial charge in [0.1, 0.15) is 29.7 Å². The minimum Gasteiger partial charge on any atom is -0.444 e. The van der Waals surface area contributed by atoms with E-state index in [2.05, 4.69) is 26.9 Å². The zero-order valence-electron chi connectivity index (χ0n) is 20.2. The smallest absolute Gasteiger partial charge is 0.415 e. The fraction of sp³-hybridized carbons (Fsp3) is 0.231. The second-order valence-corrected chi connectivity index (χ2v) is 8.62. The molecule has 2 heterocycles. The molecule has 188 valence electrons. The van der Waals surface area contributed by atoms with E-state index in [-0.39, 0.29) is 31.1 Å². The number of anilines is 2. The van der Waals surface area contributed by atoms with Crippen molar-refractivity contribution in [1.82, 2.24) is 9.55 Å². The minimum absolute atomic E-state index is 0.00405. The van der Waals surface area contributed by atoms with Crippen LogP contribution in [0.3, 0.4) is 0 Å². The van der Waals surface area contributed by atoms with E-state index in [4.69, 9.17) is 10.3 Å². The summed E-state index contributed by atoms with van der Waals surface area (Å²) in [6.45, 7) is 5.25. The van der Waals surface area contributed by atoms with E-state index in [9.17, 15) is 14.4 Å². The van der Waals surface area contributed by atoms with Crippen molar-refractivity contribution >= 4 is 23.4 Å². The largest absolute Gasteiger partial charge is 0.444 e. The molecule has 0 aliphatic carbocycles. The van der Waals surface area contributed by atoms with Gasteiger partial charge in [-0.2, -0.15) is 0 Å². The summed E-state index contributed by atoms with van der Waals surface area (Å²) in [5, 5.41) is 6.63. The molecule has 0 bridgehead atoms. The molecule has 0 saturated heterocycles. The van der Waals surface area contributed by atoms with Gasteiger partial charge in [-0.25, -0.2) is 9.78 Å². The number of carbonyl (C=O) groups is 2. The van der Waals surface area contributed by atoms with Crippen molar-refractivity contribution in [2.45, 2.75) is 31.5 Å². The Morgan fingerprint density at radius 2 is 1.95 bits per heavy atom. The van der Waals surface area contributed by atoms with E-state index in [1.165, 1.54) is 16.8 Å². The highest BCUT2D eigenvalue weighted by molar-refractivity contribution is 5.94. The maximum atomic E-state index is 13.7. The first kappa shape index (κ1) is 25.2. The number of nitrogens with zero attached hydrogens (tertiary/aromatic N) is 6. The van der Waals surface area contributed by atoms with Gasteiger partial charge in [0.05, 0.1) is 6.20 Å². The monoisotopic (exact) mass is 499 g/mol. The predicted octanol–water partition coefficient (Wildman–Crippen LogP) is 4.68. The number of amides is 2. The van der Waals surface area contributed by atoms with E-state index in [0.29, 0.717) is 5.69 Å². The van der Waals surface area contributed by atoms with Crippen molar-refractivity contribution in [3.63, 3.8) is 0 Å². The third kappa shape index (κ3) is 5.21. The summed E-state index contributed by atoms with van der Waals surface area (Å²) < 4.78 is 6.61. The predicted molar refractivity (Wildman–Crippen MR) is 138 cm³/mol. The first-order chi connectivity index (χ1) is 17.9. The standard InChI is InChI=1S/C26H25N7O4/c1-3-14-32(25(36)37-17-18-10-6-4-7-11-18)21-16-28-24-26(2,30-31-27)15-20(33(24)23(21)35)22(34)29-19-12-8-5-9-13-19/h3-13,16,20H,1,14-15,17H2,2H3,(H,29,34)/t20-,26+/m0/s1. The van der Waals surface area contributed by atoms with Gasteiger partial charge in [-0.05, 0) is 36.6 Å². The van der Waals surface area contributed by atoms with Crippen LogP contribution in [0.25, 0.3) is 10.4 Å². The average molecular weight is 500 g/mol. The third-order valence-corrected chi connectivity index (χ3v) is 6.00. The van der Waals surface area contributed by atoms with Gasteiger partial charge in [0, 0.05) is 17.1 Å². The van der Waals surface area contributed by atoms with E-state index in [1.54, 1.807) is 31.2 Å². The summed E-state index contributed by atoms with van der Waals surface area (Å²) in [7, 11) is 0. The van der Waals surface area contributed by atoms with Crippen molar-refractivity contribution in [3.8, 4) is 0 Å². The fourth-order valence-electron chi connectivity index (χ4n) is 4.23. The van der Waals surface area contributed by atoms with E-state index in [0.717, 1.165) is 10.5 Å². The van der Waals surface area contributed by atoms with Crippen LogP contribution in [-0.4, -0.2) is 28.1 Å². The lowest BCUT2D eigenvalue weighted by Crippen LogP contribution is -2.40. The van der Waals surface area contributed by atoms with Crippen molar-refractivity contribution in [3.05, 3.63) is 112 Å². The number of ether oxygens (including phenoxy) is 1. The van der Waals surface area contributed by atoms with Crippen LogP contribution < -0.4 is 15.8 Å². The van der Waals surface area contributed by atoms with Gasteiger partial charge >= 0.3 is 6.09 Å². The molecule has 2 atom stereocenters. The maximum absolute atomic E-state index is 13.7. The first-order valence-corrected chi connectivity index (χ1v) is 11.5. The van der Waals surface area contributed by atoms with E-state index >= 15 is 0 Å². The molecule has 2 amide bonds. The number of nitrogens with one attached hydrogen (secondary N) is 1. The van der Waals surface area contributed by atoms with Crippen LogP contribution in [0.4, 0.5) is 16.2 Å². The molecule has 0 radical (unpaired) electrons. The van der Waals surface area contributed by atoms with Crippen LogP contribution in [-0.2, 0) is 21.7 Å². The van der Waals surface area contributed by atoms with E-state index < -0.39 is 29.1 Å². The number of hydrogen-bond donors (Lipinski definition) is 1. The molecule has 0 unspecified atom stereocenters. The summed E-state index contributed by atoms with van der Waals surface area (Å²) in [6, 6.07) is 16.9. The average Bonchev–Trinajstić information content (AvgIpc) is 3.21. The van der Waals surface area contributed by atoms with Crippen LogP contribution in [0.15, 0.2) is 89.4 Å². The summed E-state index contributed by atoms with van der Waals surface area (Å²) in [4.78, 5) is 48.4. The molecule has 37 heavy (non-hydrogen) atoms. The molecule has 1 N–H and O–H groups in total. The Balaban J connectivity index is 1.71. The second-order valence-electron chi connectivity index (χ2n) is 8.62. The van der Waals surface area contributed by atoms with Gasteiger partial charge < -0.3 is 10.1 Å². The number of hydrogen-bond acceptors (Lipinski definition) is 6. The number of rotatable bonds is 8. The number of aromatic nitrogens is 2. The number of benzene rings is 2. The zero-order valence-corrected chi connectivity index (χ0v) is 20.2. The molecule has 4 rings (SSSR count). The van der Waals surface area contributed by atoms with Gasteiger partial charge in [0.25, 0.3) is 5.56 Å². The molecule has 1 aromatic heterocycles. The lowest BCUT2D eigenvalue weighted by molar-refractivity contribution is -0.119. The van der Waals surface area contributed by atoms with Crippen molar-refractivity contribution in [2.24, 2.45) is 5.11 Å². The molecule has 0 spiro atoms. The second kappa shape index (κ2) is 10.8. The van der Waals surface area contributed by atoms with Crippen molar-refractivity contribution < 1.29 is 14.3 Å². The lowest BCUT2D eigenvalue weighted by Gasteiger charge is -2.22. The summed E-state index contributed by atoms with van der Waals surface area (Å²) in [6.07, 6.45) is 1.92. The Labute approximate surface area is 212 Å². The molecule has 11 heteroatoms. The Morgan fingerprint density at radius 1 is 1.27 bits per heavy atom. The lowest BCUT2D eigenvalue weighted by atomic mass is 9.98. The highest BCUT2D eigenvalue weighted by Gasteiger charge is 2.46. The first-order valence-electron chi connectivity index (χ1n) is 11.5. The molecule has 1 aliphatic heterocycles. The van der Waals surface area contributed by atoms with Crippen LogP contribution in [0, 0.1) is 0 Å². The highest BCUT2D eigenvalue weighted by Crippen LogP contribution is 2.41. The molecule has 3 aromatic rings. The molecular weight excluding hydrogens is 474 g/mol. The van der Waals surface area contributed by atoms with Crippen molar-refractivity contribution in [2.75, 3.05) is 16.8 Å². The zero-order chi connectivity index (χ0) is 26.4. The fourth-order valence-corrected chi connectivity index (χ4v) is 4.23. The van der Waals surface area contributed by atoms with Crippen molar-refractivity contribution in [1.29, 1.82) is 0 Å². The summed E-state index contributed by atoms with van der Waals surface area (Å²) >= 11 is 0. The maximum Gasteiger partial charge on any atom is 0.415 e. The molecule has 0 saturated carbocycles. The molecule has 0 fully saturated rings. The molecular formula is C26H25N7O4. The van der Waals surface area contributed by atoms with Gasteiger partial charge in [0.15, 0.2) is 0 Å². The minimum atomic E-state index is -1.25. The molecule has 11 nitrogen and oxygen atoms in total. The van der Waals surface area contributed by atoms with Crippen LogP contribution in [0.2, 0.25) is 0 Å². The Morgan fingerprint density at radius 3 is 2.59 bits per heavy atom. The van der Waals surface area contributed by atoms with Gasteiger partial charge in [-0.1, -0.05) is 59.7 Å². The Bertz CT molecular complexity index is 1420. The summed E-state index contributed by atoms with van der Waals surface area (Å²) in [5.74, 6) is -0.351. The third-order valence-electron chi connectivity index (χ3n) is 6.00. The quantitative estimate of drug-likeness (QED) is 0.207. The van der Waals surface area contributed by atoms with Crippen LogP contribution >= 0.6 is 0 Å². The number of azide groups is 1.